The molecule has 6 heteroatoms. The standard InChI is InChI=1S/C15H10Cl4N2/c16-5-4-14-20-15-12(19)2-1-3-13(15)21(14)11-7-9(17)6-10(18)8-11/h1-3,6-8H,4-5H2. The first kappa shape index (κ1) is 15.0. The van der Waals surface area contributed by atoms with Crippen molar-refractivity contribution < 1.29 is 0 Å². The fourth-order valence-electron chi connectivity index (χ4n) is 2.32. The van der Waals surface area contributed by atoms with Crippen LogP contribution in [0.3, 0.4) is 0 Å². The SMILES string of the molecule is ClCCc1nc2c(Cl)cccc2n1-c1cc(Cl)cc(Cl)c1. The molecule has 0 aliphatic carbocycles. The summed E-state index contributed by atoms with van der Waals surface area (Å²) < 4.78 is 1.99. The summed E-state index contributed by atoms with van der Waals surface area (Å²) >= 11 is 24.3. The maximum Gasteiger partial charge on any atom is 0.115 e. The van der Waals surface area contributed by atoms with Gasteiger partial charge in [0.15, 0.2) is 0 Å². The molecule has 2 aromatic carbocycles. The number of rotatable bonds is 3. The second-order valence-electron chi connectivity index (χ2n) is 4.54. The normalized spacial score (nSPS) is 11.2. The van der Waals surface area contributed by atoms with E-state index in [9.17, 15) is 0 Å². The van der Waals surface area contributed by atoms with Crippen molar-refractivity contribution in [3.8, 4) is 5.69 Å². The van der Waals surface area contributed by atoms with Crippen molar-refractivity contribution in [1.29, 1.82) is 0 Å². The van der Waals surface area contributed by atoms with Crippen molar-refractivity contribution in [3.63, 3.8) is 0 Å². The quantitative estimate of drug-likeness (QED) is 0.543. The number of imidazole rings is 1. The molecular formula is C15H10Cl4N2. The molecular weight excluding hydrogens is 350 g/mol. The highest BCUT2D eigenvalue weighted by molar-refractivity contribution is 6.35. The lowest BCUT2D eigenvalue weighted by Gasteiger charge is -2.10. The highest BCUT2D eigenvalue weighted by Gasteiger charge is 2.14. The van der Waals surface area contributed by atoms with Gasteiger partial charge in [0, 0.05) is 22.3 Å². The number of para-hydroxylation sites is 1. The van der Waals surface area contributed by atoms with Crippen LogP contribution in [0.5, 0.6) is 0 Å². The zero-order chi connectivity index (χ0) is 15.0. The van der Waals surface area contributed by atoms with Crippen LogP contribution in [0.2, 0.25) is 15.1 Å². The van der Waals surface area contributed by atoms with E-state index in [4.69, 9.17) is 46.4 Å². The van der Waals surface area contributed by atoms with Crippen LogP contribution in [0.25, 0.3) is 16.7 Å². The Kier molecular flexibility index (Phi) is 4.32. The van der Waals surface area contributed by atoms with Gasteiger partial charge in [0.05, 0.1) is 16.2 Å². The van der Waals surface area contributed by atoms with Crippen molar-refractivity contribution in [2.45, 2.75) is 6.42 Å². The van der Waals surface area contributed by atoms with Crippen LogP contribution in [-0.2, 0) is 6.42 Å². The number of aromatic nitrogens is 2. The van der Waals surface area contributed by atoms with Gasteiger partial charge in [-0.2, -0.15) is 0 Å². The van der Waals surface area contributed by atoms with E-state index in [-0.39, 0.29) is 0 Å². The minimum atomic E-state index is 0.467. The molecule has 21 heavy (non-hydrogen) atoms. The minimum absolute atomic E-state index is 0.467. The summed E-state index contributed by atoms with van der Waals surface area (Å²) in [5, 5.41) is 1.74. The summed E-state index contributed by atoms with van der Waals surface area (Å²) in [5.74, 6) is 1.29. The second-order valence-corrected chi connectivity index (χ2v) is 6.20. The smallest absolute Gasteiger partial charge is 0.115 e. The first-order chi connectivity index (χ1) is 10.1. The summed E-state index contributed by atoms with van der Waals surface area (Å²) in [7, 11) is 0. The lowest BCUT2D eigenvalue weighted by Crippen LogP contribution is -2.02. The Bertz CT molecular complexity index is 791. The van der Waals surface area contributed by atoms with Gasteiger partial charge in [0.25, 0.3) is 0 Å². The van der Waals surface area contributed by atoms with Crippen LogP contribution in [-0.4, -0.2) is 15.4 Å². The fourth-order valence-corrected chi connectivity index (χ4v) is 3.22. The molecule has 0 atom stereocenters. The van der Waals surface area contributed by atoms with Crippen molar-refractivity contribution in [3.05, 3.63) is 57.3 Å². The van der Waals surface area contributed by atoms with Crippen LogP contribution in [0.15, 0.2) is 36.4 Å². The van der Waals surface area contributed by atoms with Crippen molar-refractivity contribution in [1.82, 2.24) is 9.55 Å². The lowest BCUT2D eigenvalue weighted by molar-refractivity contribution is 0.912. The van der Waals surface area contributed by atoms with E-state index in [0.717, 1.165) is 22.5 Å². The van der Waals surface area contributed by atoms with Crippen molar-refractivity contribution in [2.75, 3.05) is 5.88 Å². The average molecular weight is 360 g/mol. The van der Waals surface area contributed by atoms with Gasteiger partial charge in [-0.15, -0.1) is 11.6 Å². The molecule has 0 saturated heterocycles. The second kappa shape index (κ2) is 6.05. The Morgan fingerprint density at radius 3 is 2.38 bits per heavy atom. The van der Waals surface area contributed by atoms with Gasteiger partial charge in [-0.1, -0.05) is 40.9 Å². The third kappa shape index (κ3) is 2.86. The largest absolute Gasteiger partial charge is 0.296 e. The summed E-state index contributed by atoms with van der Waals surface area (Å²) in [6, 6.07) is 11.0. The third-order valence-electron chi connectivity index (χ3n) is 3.13. The van der Waals surface area contributed by atoms with E-state index in [1.807, 2.05) is 34.9 Å². The third-order valence-corrected chi connectivity index (χ3v) is 4.06. The molecule has 0 bridgehead atoms. The molecule has 3 aromatic rings. The fraction of sp³-hybridized carbons (Fsp3) is 0.133. The molecule has 108 valence electrons. The van der Waals surface area contributed by atoms with Gasteiger partial charge < -0.3 is 0 Å². The summed E-state index contributed by atoms with van der Waals surface area (Å²) in [6.07, 6.45) is 0.622. The molecule has 3 rings (SSSR count). The molecule has 0 amide bonds. The Morgan fingerprint density at radius 1 is 1.00 bits per heavy atom. The molecule has 0 spiro atoms. The Labute approximate surface area is 142 Å². The topological polar surface area (TPSA) is 17.8 Å². The number of aryl methyl sites for hydroxylation is 1. The Hall–Kier alpha value is -0.930. The predicted octanol–water partition coefficient (Wildman–Crippen LogP) is 5.77. The molecule has 1 heterocycles. The summed E-state index contributed by atoms with van der Waals surface area (Å²) in [4.78, 5) is 4.60. The van der Waals surface area contributed by atoms with Crippen LogP contribution < -0.4 is 0 Å². The molecule has 0 aliphatic rings. The van der Waals surface area contributed by atoms with Gasteiger partial charge in [-0.25, -0.2) is 4.98 Å². The maximum atomic E-state index is 6.23. The van der Waals surface area contributed by atoms with Crippen LogP contribution in [0.4, 0.5) is 0 Å². The summed E-state index contributed by atoms with van der Waals surface area (Å²) in [6.45, 7) is 0. The Morgan fingerprint density at radius 2 is 1.71 bits per heavy atom. The number of alkyl halides is 1. The molecule has 0 aliphatic heterocycles. The first-order valence-corrected chi connectivity index (χ1v) is 7.95. The van der Waals surface area contributed by atoms with E-state index >= 15 is 0 Å². The predicted molar refractivity (Wildman–Crippen MR) is 90.5 cm³/mol. The monoisotopic (exact) mass is 358 g/mol. The Balaban J connectivity index is 2.33. The average Bonchev–Trinajstić information content (AvgIpc) is 2.78. The van der Waals surface area contributed by atoms with Gasteiger partial charge in [-0.05, 0) is 30.3 Å². The lowest BCUT2D eigenvalue weighted by atomic mass is 10.2. The molecule has 2 nitrogen and oxygen atoms in total. The molecule has 1 aromatic heterocycles. The van der Waals surface area contributed by atoms with Gasteiger partial charge in [0.1, 0.15) is 11.3 Å². The zero-order valence-corrected chi connectivity index (χ0v) is 13.8. The highest BCUT2D eigenvalue weighted by Crippen LogP contribution is 2.30. The van der Waals surface area contributed by atoms with E-state index in [0.29, 0.717) is 27.4 Å². The molecule has 0 fully saturated rings. The number of fused-ring (bicyclic) bond motifs is 1. The van der Waals surface area contributed by atoms with Gasteiger partial charge in [-0.3, -0.25) is 4.57 Å². The molecule has 0 saturated carbocycles. The van der Waals surface area contributed by atoms with Gasteiger partial charge in [0.2, 0.25) is 0 Å². The van der Waals surface area contributed by atoms with Crippen LogP contribution >= 0.6 is 46.4 Å². The number of nitrogens with zero attached hydrogens (tertiary/aromatic N) is 2. The first-order valence-electron chi connectivity index (χ1n) is 6.28. The van der Waals surface area contributed by atoms with Crippen LogP contribution in [0, 0.1) is 0 Å². The maximum absolute atomic E-state index is 6.23. The van der Waals surface area contributed by atoms with E-state index in [2.05, 4.69) is 4.98 Å². The van der Waals surface area contributed by atoms with Crippen molar-refractivity contribution >= 4 is 57.4 Å². The van der Waals surface area contributed by atoms with E-state index in [1.54, 1.807) is 6.07 Å². The zero-order valence-electron chi connectivity index (χ0n) is 10.8. The molecule has 0 N–H and O–H groups in total. The molecule has 0 radical (unpaired) electrons. The molecule has 0 unspecified atom stereocenters. The van der Waals surface area contributed by atoms with Crippen molar-refractivity contribution in [2.24, 2.45) is 0 Å². The number of hydrogen-bond donors (Lipinski definition) is 0. The van der Waals surface area contributed by atoms with E-state index < -0.39 is 0 Å². The summed E-state index contributed by atoms with van der Waals surface area (Å²) in [5.41, 5.74) is 2.49. The highest BCUT2D eigenvalue weighted by atomic mass is 35.5. The number of benzene rings is 2. The van der Waals surface area contributed by atoms with Crippen LogP contribution in [0.1, 0.15) is 5.82 Å². The van der Waals surface area contributed by atoms with Gasteiger partial charge >= 0.3 is 0 Å². The van der Waals surface area contributed by atoms with E-state index in [1.165, 1.54) is 0 Å². The number of hydrogen-bond acceptors (Lipinski definition) is 1. The number of halogens is 4. The minimum Gasteiger partial charge on any atom is -0.296 e.